The van der Waals surface area contributed by atoms with Gasteiger partial charge in [-0.15, -0.1) is 0 Å². The van der Waals surface area contributed by atoms with Crippen LogP contribution in [0.2, 0.25) is 0 Å². The van der Waals surface area contributed by atoms with Crippen LogP contribution in [0.3, 0.4) is 0 Å². The Morgan fingerprint density at radius 1 is 1.12 bits per heavy atom. The molecule has 0 saturated heterocycles. The number of aromatic nitrogens is 5. The molecule has 0 aliphatic carbocycles. The normalized spacial score (nSPS) is 10.9. The standard InChI is InChI=1S/C23H24N6O4/c1-14(2)21-27-23(33-28-21)16-6-8-20(24-11-16)29-12-17(26-13-29)22(30)25-10-15-5-7-18(31-3)19(9-15)32-4/h5-9,11-14H,10H2,1-4H3,(H,25,30). The second-order valence-corrected chi connectivity index (χ2v) is 7.56. The first kappa shape index (κ1) is 22.0. The van der Waals surface area contributed by atoms with Crippen LogP contribution in [0.4, 0.5) is 0 Å². The minimum absolute atomic E-state index is 0.178. The lowest BCUT2D eigenvalue weighted by Crippen LogP contribution is -2.23. The fraction of sp³-hybridized carbons (Fsp3) is 0.261. The molecule has 3 heterocycles. The highest BCUT2D eigenvalue weighted by molar-refractivity contribution is 5.92. The summed E-state index contributed by atoms with van der Waals surface area (Å²) in [6, 6.07) is 9.09. The maximum atomic E-state index is 12.5. The van der Waals surface area contributed by atoms with Crippen LogP contribution >= 0.6 is 0 Å². The summed E-state index contributed by atoms with van der Waals surface area (Å²) in [5.74, 6) is 2.78. The van der Waals surface area contributed by atoms with E-state index >= 15 is 0 Å². The van der Waals surface area contributed by atoms with E-state index in [0.717, 1.165) is 5.56 Å². The summed E-state index contributed by atoms with van der Waals surface area (Å²) in [5, 5.41) is 6.82. The van der Waals surface area contributed by atoms with Gasteiger partial charge in [0.1, 0.15) is 17.8 Å². The average Bonchev–Trinajstić information content (AvgIpc) is 3.53. The highest BCUT2D eigenvalue weighted by atomic mass is 16.5. The van der Waals surface area contributed by atoms with Crippen molar-refractivity contribution in [1.82, 2.24) is 30.0 Å². The number of nitrogens with one attached hydrogen (secondary N) is 1. The number of ether oxygens (including phenoxy) is 2. The van der Waals surface area contributed by atoms with Crippen molar-refractivity contribution in [3.05, 3.63) is 66.1 Å². The Kier molecular flexibility index (Phi) is 6.34. The molecule has 0 radical (unpaired) electrons. The SMILES string of the molecule is COc1ccc(CNC(=O)c2cn(-c3ccc(-c4nc(C(C)C)no4)cn3)cn2)cc1OC. The summed E-state index contributed by atoms with van der Waals surface area (Å²) in [6.45, 7) is 4.31. The Hall–Kier alpha value is -4.21. The van der Waals surface area contributed by atoms with Crippen molar-refractivity contribution < 1.29 is 18.8 Å². The van der Waals surface area contributed by atoms with Crippen LogP contribution in [0.25, 0.3) is 17.3 Å². The molecule has 0 aliphatic rings. The number of carbonyl (C=O) groups is 1. The van der Waals surface area contributed by atoms with Crippen LogP contribution in [0, 0.1) is 0 Å². The van der Waals surface area contributed by atoms with E-state index in [2.05, 4.69) is 25.4 Å². The van der Waals surface area contributed by atoms with E-state index in [1.54, 1.807) is 43.3 Å². The van der Waals surface area contributed by atoms with Crippen LogP contribution in [-0.4, -0.2) is 44.8 Å². The lowest BCUT2D eigenvalue weighted by atomic mass is 10.2. The second kappa shape index (κ2) is 9.51. The zero-order valence-electron chi connectivity index (χ0n) is 18.8. The molecule has 1 amide bonds. The molecule has 0 atom stereocenters. The topological polar surface area (TPSA) is 117 Å². The van der Waals surface area contributed by atoms with Crippen molar-refractivity contribution in [3.8, 4) is 28.8 Å². The third-order valence-electron chi connectivity index (χ3n) is 4.93. The van der Waals surface area contributed by atoms with E-state index < -0.39 is 0 Å². The summed E-state index contributed by atoms with van der Waals surface area (Å²) in [7, 11) is 3.14. The van der Waals surface area contributed by atoms with Crippen LogP contribution in [-0.2, 0) is 6.54 Å². The molecular weight excluding hydrogens is 424 g/mol. The molecule has 1 N–H and O–H groups in total. The molecule has 3 aromatic heterocycles. The summed E-state index contributed by atoms with van der Waals surface area (Å²) >= 11 is 0. The Morgan fingerprint density at radius 3 is 2.61 bits per heavy atom. The van der Waals surface area contributed by atoms with Crippen LogP contribution in [0.1, 0.15) is 41.6 Å². The summed E-state index contributed by atoms with van der Waals surface area (Å²) in [4.78, 5) is 25.5. The number of methoxy groups -OCH3 is 2. The van der Waals surface area contributed by atoms with Gasteiger partial charge in [0.25, 0.3) is 11.8 Å². The second-order valence-electron chi connectivity index (χ2n) is 7.56. The van der Waals surface area contributed by atoms with Gasteiger partial charge in [0.05, 0.1) is 19.8 Å². The third-order valence-corrected chi connectivity index (χ3v) is 4.93. The van der Waals surface area contributed by atoms with Crippen molar-refractivity contribution in [2.45, 2.75) is 26.3 Å². The van der Waals surface area contributed by atoms with Crippen molar-refractivity contribution in [3.63, 3.8) is 0 Å². The molecule has 0 fully saturated rings. The van der Waals surface area contributed by atoms with E-state index in [0.29, 0.717) is 41.1 Å². The molecule has 0 aliphatic heterocycles. The zero-order chi connectivity index (χ0) is 23.4. The van der Waals surface area contributed by atoms with Crippen LogP contribution < -0.4 is 14.8 Å². The van der Waals surface area contributed by atoms with E-state index in [1.165, 1.54) is 6.33 Å². The van der Waals surface area contributed by atoms with Crippen molar-refractivity contribution in [2.24, 2.45) is 0 Å². The number of nitrogens with zero attached hydrogens (tertiary/aromatic N) is 5. The molecule has 4 rings (SSSR count). The molecule has 0 spiro atoms. The molecule has 0 unspecified atom stereocenters. The minimum atomic E-state index is -0.299. The Labute approximate surface area is 190 Å². The first-order valence-electron chi connectivity index (χ1n) is 10.3. The molecule has 0 saturated carbocycles. The molecular formula is C23H24N6O4. The minimum Gasteiger partial charge on any atom is -0.493 e. The Balaban J connectivity index is 1.41. The van der Waals surface area contributed by atoms with E-state index in [4.69, 9.17) is 14.0 Å². The number of benzene rings is 1. The fourth-order valence-electron chi connectivity index (χ4n) is 3.08. The number of pyridine rings is 1. The molecule has 170 valence electrons. The smallest absolute Gasteiger partial charge is 0.271 e. The highest BCUT2D eigenvalue weighted by Gasteiger charge is 2.14. The summed E-state index contributed by atoms with van der Waals surface area (Å²) < 4.78 is 17.5. The van der Waals surface area contributed by atoms with Crippen molar-refractivity contribution in [2.75, 3.05) is 14.2 Å². The van der Waals surface area contributed by atoms with Gasteiger partial charge in [-0.1, -0.05) is 25.1 Å². The van der Waals surface area contributed by atoms with Gasteiger partial charge < -0.3 is 19.3 Å². The first-order chi connectivity index (χ1) is 16.0. The summed E-state index contributed by atoms with van der Waals surface area (Å²) in [6.07, 6.45) is 4.80. The third kappa shape index (κ3) is 4.84. The average molecular weight is 448 g/mol. The lowest BCUT2D eigenvalue weighted by Gasteiger charge is -2.10. The number of imidazole rings is 1. The monoisotopic (exact) mass is 448 g/mol. The number of rotatable bonds is 8. The quantitative estimate of drug-likeness (QED) is 0.436. The molecule has 10 nitrogen and oxygen atoms in total. The van der Waals surface area contributed by atoms with Gasteiger partial charge in [-0.25, -0.2) is 9.97 Å². The Bertz CT molecular complexity index is 1250. The zero-order valence-corrected chi connectivity index (χ0v) is 18.8. The van der Waals surface area contributed by atoms with Gasteiger partial charge in [-0.3, -0.25) is 9.36 Å². The lowest BCUT2D eigenvalue weighted by molar-refractivity contribution is 0.0946. The van der Waals surface area contributed by atoms with E-state index in [-0.39, 0.29) is 17.5 Å². The van der Waals surface area contributed by atoms with E-state index in [1.807, 2.05) is 32.0 Å². The first-order valence-corrected chi connectivity index (χ1v) is 10.3. The molecule has 33 heavy (non-hydrogen) atoms. The maximum Gasteiger partial charge on any atom is 0.271 e. The number of carbonyl (C=O) groups excluding carboxylic acids is 1. The van der Waals surface area contributed by atoms with Gasteiger partial charge in [-0.2, -0.15) is 4.98 Å². The van der Waals surface area contributed by atoms with Gasteiger partial charge in [0.15, 0.2) is 17.3 Å². The van der Waals surface area contributed by atoms with Crippen LogP contribution in [0.5, 0.6) is 11.5 Å². The maximum absolute atomic E-state index is 12.5. The van der Waals surface area contributed by atoms with E-state index in [9.17, 15) is 4.79 Å². The number of hydrogen-bond acceptors (Lipinski definition) is 8. The van der Waals surface area contributed by atoms with Crippen molar-refractivity contribution in [1.29, 1.82) is 0 Å². The predicted molar refractivity (Wildman–Crippen MR) is 119 cm³/mol. The number of hydrogen-bond donors (Lipinski definition) is 1. The molecule has 4 aromatic rings. The largest absolute Gasteiger partial charge is 0.493 e. The molecule has 1 aromatic carbocycles. The van der Waals surface area contributed by atoms with Gasteiger partial charge in [0, 0.05) is 24.9 Å². The van der Waals surface area contributed by atoms with Gasteiger partial charge in [0.2, 0.25) is 0 Å². The summed E-state index contributed by atoms with van der Waals surface area (Å²) in [5.41, 5.74) is 1.87. The van der Waals surface area contributed by atoms with Gasteiger partial charge >= 0.3 is 0 Å². The van der Waals surface area contributed by atoms with Gasteiger partial charge in [-0.05, 0) is 29.8 Å². The predicted octanol–water partition coefficient (Wildman–Crippen LogP) is 3.39. The van der Waals surface area contributed by atoms with Crippen molar-refractivity contribution >= 4 is 5.91 Å². The Morgan fingerprint density at radius 2 is 1.94 bits per heavy atom. The highest BCUT2D eigenvalue weighted by Crippen LogP contribution is 2.27. The molecule has 10 heteroatoms. The van der Waals surface area contributed by atoms with Crippen LogP contribution in [0.15, 0.2) is 53.6 Å². The molecule has 0 bridgehead atoms. The number of amides is 1. The fourth-order valence-corrected chi connectivity index (χ4v) is 3.08.